The van der Waals surface area contributed by atoms with E-state index in [1.165, 1.54) is 199 Å². The van der Waals surface area contributed by atoms with E-state index < -0.39 is 12.1 Å². The molecule has 1 amide bonds. The number of unbranched alkanes of at least 4 members (excludes halogenated alkanes) is 39. The molecule has 0 spiro atoms. The van der Waals surface area contributed by atoms with Crippen molar-refractivity contribution in [1.82, 2.24) is 5.32 Å². The number of amides is 1. The van der Waals surface area contributed by atoms with Gasteiger partial charge in [0.05, 0.1) is 25.4 Å². The Balaban J connectivity index is 3.54. The van der Waals surface area contributed by atoms with Crippen LogP contribution in [-0.2, 0) is 14.3 Å². The Bertz CT molecular complexity index is 1070. The first-order chi connectivity index (χ1) is 32.5. The SMILES string of the molecule is CCCCCC/C=C\CCCCCCCC(=O)OCCCC/C=C\CCCCCCCC(=O)NC(CO)C(O)/C=C/CCCCCCCCCCCCCCCCCCCCCCCCC. The molecule has 0 bridgehead atoms. The van der Waals surface area contributed by atoms with Gasteiger partial charge in [-0.3, -0.25) is 9.59 Å². The molecule has 0 rings (SSSR count). The van der Waals surface area contributed by atoms with Gasteiger partial charge in [0.15, 0.2) is 0 Å². The number of carbonyl (C=O) groups excluding carboxylic acids is 2. The second-order valence-electron chi connectivity index (χ2n) is 20.0. The third kappa shape index (κ3) is 51.5. The fourth-order valence-corrected chi connectivity index (χ4v) is 8.86. The molecule has 0 aliphatic heterocycles. The van der Waals surface area contributed by atoms with Crippen molar-refractivity contribution in [2.24, 2.45) is 0 Å². The van der Waals surface area contributed by atoms with Crippen molar-refractivity contribution in [3.8, 4) is 0 Å². The maximum absolute atomic E-state index is 12.5. The molecule has 2 unspecified atom stereocenters. The van der Waals surface area contributed by atoms with Gasteiger partial charge >= 0.3 is 5.97 Å². The zero-order chi connectivity index (χ0) is 47.9. The lowest BCUT2D eigenvalue weighted by molar-refractivity contribution is -0.143. The summed E-state index contributed by atoms with van der Waals surface area (Å²) in [6, 6.07) is -0.651. The molecule has 0 radical (unpaired) electrons. The number of nitrogens with one attached hydrogen (secondary N) is 1. The number of aliphatic hydroxyl groups excluding tert-OH is 2. The summed E-state index contributed by atoms with van der Waals surface area (Å²) in [4.78, 5) is 24.5. The molecule has 2 atom stereocenters. The third-order valence-corrected chi connectivity index (χ3v) is 13.4. The first kappa shape index (κ1) is 64.1. The molecular formula is C60H113NO5. The van der Waals surface area contributed by atoms with Crippen molar-refractivity contribution in [3.63, 3.8) is 0 Å². The first-order valence-corrected chi connectivity index (χ1v) is 29.3. The Labute approximate surface area is 411 Å². The smallest absolute Gasteiger partial charge is 0.305 e. The lowest BCUT2D eigenvalue weighted by atomic mass is 10.0. The largest absolute Gasteiger partial charge is 0.466 e. The van der Waals surface area contributed by atoms with Gasteiger partial charge in [-0.15, -0.1) is 0 Å². The van der Waals surface area contributed by atoms with Gasteiger partial charge in [-0.2, -0.15) is 0 Å². The van der Waals surface area contributed by atoms with E-state index in [1.54, 1.807) is 6.08 Å². The van der Waals surface area contributed by atoms with E-state index in [-0.39, 0.29) is 18.5 Å². The van der Waals surface area contributed by atoms with Crippen LogP contribution in [0.1, 0.15) is 309 Å². The van der Waals surface area contributed by atoms with Gasteiger partial charge in [0, 0.05) is 12.8 Å². The van der Waals surface area contributed by atoms with Crippen molar-refractivity contribution in [1.29, 1.82) is 0 Å². The molecule has 0 aromatic heterocycles. The highest BCUT2D eigenvalue weighted by Gasteiger charge is 2.18. The van der Waals surface area contributed by atoms with Gasteiger partial charge in [-0.1, -0.05) is 249 Å². The second kappa shape index (κ2) is 55.7. The molecule has 0 aromatic rings. The molecule has 0 heterocycles. The summed E-state index contributed by atoms with van der Waals surface area (Å²) in [6.07, 6.45) is 68.9. The Morgan fingerprint density at radius 3 is 1.09 bits per heavy atom. The fourth-order valence-electron chi connectivity index (χ4n) is 8.86. The lowest BCUT2D eigenvalue weighted by Crippen LogP contribution is -2.45. The van der Waals surface area contributed by atoms with E-state index in [4.69, 9.17) is 4.74 Å². The summed E-state index contributed by atoms with van der Waals surface area (Å²) in [6.45, 7) is 4.82. The van der Waals surface area contributed by atoms with Crippen LogP contribution in [0.5, 0.6) is 0 Å². The summed E-state index contributed by atoms with van der Waals surface area (Å²) >= 11 is 0. The molecule has 0 fully saturated rings. The molecule has 0 aliphatic carbocycles. The Morgan fingerprint density at radius 1 is 0.409 bits per heavy atom. The van der Waals surface area contributed by atoms with E-state index in [9.17, 15) is 19.8 Å². The van der Waals surface area contributed by atoms with Crippen molar-refractivity contribution in [2.45, 2.75) is 321 Å². The van der Waals surface area contributed by atoms with E-state index in [0.29, 0.717) is 19.4 Å². The van der Waals surface area contributed by atoms with E-state index >= 15 is 0 Å². The maximum Gasteiger partial charge on any atom is 0.305 e. The molecule has 6 nitrogen and oxygen atoms in total. The van der Waals surface area contributed by atoms with Gasteiger partial charge in [0.2, 0.25) is 5.91 Å². The molecule has 0 aliphatic rings. The summed E-state index contributed by atoms with van der Waals surface area (Å²) in [5.74, 6) is -0.137. The predicted molar refractivity (Wildman–Crippen MR) is 287 cm³/mol. The highest BCUT2D eigenvalue weighted by molar-refractivity contribution is 5.76. The summed E-state index contributed by atoms with van der Waals surface area (Å²) in [5.41, 5.74) is 0. The number of aliphatic hydroxyl groups is 2. The van der Waals surface area contributed by atoms with E-state index in [1.807, 2.05) is 6.08 Å². The minimum absolute atomic E-state index is 0.0419. The van der Waals surface area contributed by atoms with Crippen molar-refractivity contribution in [3.05, 3.63) is 36.5 Å². The molecule has 66 heavy (non-hydrogen) atoms. The van der Waals surface area contributed by atoms with Crippen molar-refractivity contribution in [2.75, 3.05) is 13.2 Å². The number of rotatable bonds is 54. The normalized spacial score (nSPS) is 12.8. The van der Waals surface area contributed by atoms with Crippen LogP contribution in [0.3, 0.4) is 0 Å². The zero-order valence-electron chi connectivity index (χ0n) is 44.2. The number of esters is 1. The Morgan fingerprint density at radius 2 is 0.712 bits per heavy atom. The van der Waals surface area contributed by atoms with Gasteiger partial charge in [0.25, 0.3) is 0 Å². The minimum atomic E-state index is -0.865. The molecule has 388 valence electrons. The molecule has 3 N–H and O–H groups in total. The van der Waals surface area contributed by atoms with Crippen LogP contribution in [0.4, 0.5) is 0 Å². The molecule has 0 aromatic carbocycles. The highest BCUT2D eigenvalue weighted by Crippen LogP contribution is 2.17. The summed E-state index contributed by atoms with van der Waals surface area (Å²) < 4.78 is 5.43. The average Bonchev–Trinajstić information content (AvgIpc) is 3.32. The number of hydrogen-bond donors (Lipinski definition) is 3. The van der Waals surface area contributed by atoms with Crippen LogP contribution < -0.4 is 5.32 Å². The van der Waals surface area contributed by atoms with Crippen LogP contribution in [0, 0.1) is 0 Å². The second-order valence-corrected chi connectivity index (χ2v) is 20.0. The van der Waals surface area contributed by atoms with Crippen LogP contribution in [0.25, 0.3) is 0 Å². The third-order valence-electron chi connectivity index (χ3n) is 13.4. The van der Waals surface area contributed by atoms with Gasteiger partial charge in [-0.05, 0) is 83.5 Å². The van der Waals surface area contributed by atoms with Crippen LogP contribution in [0.2, 0.25) is 0 Å². The number of ether oxygens (including phenoxy) is 1. The van der Waals surface area contributed by atoms with Crippen molar-refractivity contribution >= 4 is 11.9 Å². The van der Waals surface area contributed by atoms with Crippen LogP contribution >= 0.6 is 0 Å². The number of hydrogen-bond acceptors (Lipinski definition) is 5. The quantitative estimate of drug-likeness (QED) is 0.0321. The van der Waals surface area contributed by atoms with Gasteiger partial charge in [-0.25, -0.2) is 0 Å². The van der Waals surface area contributed by atoms with Gasteiger partial charge in [0.1, 0.15) is 0 Å². The first-order valence-electron chi connectivity index (χ1n) is 29.3. The Kier molecular flexibility index (Phi) is 54.1. The zero-order valence-corrected chi connectivity index (χ0v) is 44.2. The fraction of sp³-hybridized carbons (Fsp3) is 0.867. The summed E-state index contributed by atoms with van der Waals surface area (Å²) in [7, 11) is 0. The number of allylic oxidation sites excluding steroid dienone is 5. The molecular weight excluding hydrogens is 815 g/mol. The van der Waals surface area contributed by atoms with Crippen molar-refractivity contribution < 1.29 is 24.5 Å². The van der Waals surface area contributed by atoms with Crippen LogP contribution in [-0.4, -0.2) is 47.4 Å². The standard InChI is InChI=1S/C60H113NO5/c1-3-5-7-9-11-13-15-17-18-19-20-21-22-23-24-25-26-27-28-30-32-36-40-44-48-52-58(63)57(56-62)61-59(64)53-49-45-41-37-33-31-35-39-43-47-51-55-66-60(65)54-50-46-42-38-34-29-16-14-12-10-8-6-4-2/h14,16,35,39,48,52,57-58,62-63H,3-13,15,17-34,36-38,40-47,49-51,53-56H2,1-2H3,(H,61,64)/b16-14-,39-35-,52-48+. The topological polar surface area (TPSA) is 95.9 Å². The highest BCUT2D eigenvalue weighted by atomic mass is 16.5. The minimum Gasteiger partial charge on any atom is -0.466 e. The Hall–Kier alpha value is -1.92. The van der Waals surface area contributed by atoms with Crippen LogP contribution in [0.15, 0.2) is 36.5 Å². The van der Waals surface area contributed by atoms with E-state index in [2.05, 4.69) is 43.5 Å². The maximum atomic E-state index is 12.5. The van der Waals surface area contributed by atoms with E-state index in [0.717, 1.165) is 83.5 Å². The lowest BCUT2D eigenvalue weighted by Gasteiger charge is -2.20. The predicted octanol–water partition coefficient (Wildman–Crippen LogP) is 18.0. The average molecular weight is 929 g/mol. The molecule has 0 saturated carbocycles. The number of carbonyl (C=O) groups is 2. The summed E-state index contributed by atoms with van der Waals surface area (Å²) in [5, 5.41) is 23.2. The molecule has 6 heteroatoms. The monoisotopic (exact) mass is 928 g/mol. The van der Waals surface area contributed by atoms with Gasteiger partial charge < -0.3 is 20.3 Å². The molecule has 0 saturated heterocycles.